The molecule has 1 heterocycles. The average molecular weight is 348 g/mol. The van der Waals surface area contributed by atoms with Crippen LogP contribution in [0.1, 0.15) is 11.1 Å². The molecular formula is C12H17IN2S. The van der Waals surface area contributed by atoms with E-state index in [0.717, 1.165) is 31.9 Å². The minimum atomic E-state index is 0.821. The fourth-order valence-corrected chi connectivity index (χ4v) is 2.98. The minimum Gasteiger partial charge on any atom is -0.369 e. The van der Waals surface area contributed by atoms with Crippen molar-refractivity contribution in [1.82, 2.24) is 5.32 Å². The average Bonchev–Trinajstić information content (AvgIpc) is 2.33. The molecule has 2 rings (SSSR count). The Bertz CT molecular complexity index is 376. The van der Waals surface area contributed by atoms with Crippen molar-refractivity contribution in [3.8, 4) is 0 Å². The smallest absolute Gasteiger partial charge is 0.0380 e. The predicted molar refractivity (Wildman–Crippen MR) is 81.7 cm³/mol. The molecule has 0 saturated carbocycles. The van der Waals surface area contributed by atoms with Gasteiger partial charge in [-0.2, -0.15) is 12.6 Å². The third-order valence-corrected chi connectivity index (χ3v) is 4.55. The molecule has 1 fully saturated rings. The normalized spacial score (nSPS) is 16.6. The van der Waals surface area contributed by atoms with Crippen LogP contribution in [0.2, 0.25) is 0 Å². The molecule has 0 amide bonds. The zero-order valence-electron chi connectivity index (χ0n) is 9.46. The second-order valence-corrected chi connectivity index (χ2v) is 5.59. The van der Waals surface area contributed by atoms with Crippen LogP contribution < -0.4 is 10.2 Å². The van der Waals surface area contributed by atoms with Gasteiger partial charge in [-0.15, -0.1) is 0 Å². The van der Waals surface area contributed by atoms with E-state index in [4.69, 9.17) is 0 Å². The number of piperazine rings is 1. The van der Waals surface area contributed by atoms with Crippen LogP contribution in [0.3, 0.4) is 0 Å². The number of hydrogen-bond acceptors (Lipinski definition) is 3. The Hall–Kier alpha value is 0.0600. The van der Waals surface area contributed by atoms with Crippen molar-refractivity contribution < 1.29 is 0 Å². The lowest BCUT2D eigenvalue weighted by Gasteiger charge is -2.30. The van der Waals surface area contributed by atoms with Crippen molar-refractivity contribution in [2.24, 2.45) is 0 Å². The van der Waals surface area contributed by atoms with E-state index in [2.05, 4.69) is 64.5 Å². The maximum absolute atomic E-state index is 4.40. The van der Waals surface area contributed by atoms with Crippen LogP contribution in [0.25, 0.3) is 0 Å². The van der Waals surface area contributed by atoms with Gasteiger partial charge in [0, 0.05) is 41.2 Å². The summed E-state index contributed by atoms with van der Waals surface area (Å²) in [4.78, 5) is 2.45. The molecule has 0 bridgehead atoms. The van der Waals surface area contributed by atoms with Crippen molar-refractivity contribution in [2.75, 3.05) is 31.1 Å². The van der Waals surface area contributed by atoms with Crippen LogP contribution in [0.15, 0.2) is 12.1 Å². The van der Waals surface area contributed by atoms with Crippen molar-refractivity contribution in [1.29, 1.82) is 0 Å². The first-order valence-electron chi connectivity index (χ1n) is 5.58. The molecular weight excluding hydrogens is 331 g/mol. The fraction of sp³-hybridized carbons (Fsp3) is 0.500. The van der Waals surface area contributed by atoms with Crippen LogP contribution in [-0.2, 0) is 5.75 Å². The molecule has 0 aliphatic carbocycles. The van der Waals surface area contributed by atoms with E-state index in [0.29, 0.717) is 0 Å². The Labute approximate surface area is 116 Å². The van der Waals surface area contributed by atoms with E-state index in [1.54, 1.807) is 0 Å². The number of thiol groups is 1. The van der Waals surface area contributed by atoms with Crippen molar-refractivity contribution >= 4 is 40.9 Å². The second kappa shape index (κ2) is 5.60. The van der Waals surface area contributed by atoms with Crippen molar-refractivity contribution in [3.05, 3.63) is 26.8 Å². The summed E-state index contributed by atoms with van der Waals surface area (Å²) in [6.45, 7) is 6.55. The monoisotopic (exact) mass is 348 g/mol. The number of halogens is 1. The number of rotatable bonds is 2. The number of nitrogens with one attached hydrogen (secondary N) is 1. The molecule has 2 nitrogen and oxygen atoms in total. The van der Waals surface area contributed by atoms with E-state index < -0.39 is 0 Å². The third-order valence-electron chi connectivity index (χ3n) is 3.09. The third kappa shape index (κ3) is 2.65. The van der Waals surface area contributed by atoms with Gasteiger partial charge in [-0.1, -0.05) is 0 Å². The molecule has 1 N–H and O–H groups in total. The quantitative estimate of drug-likeness (QED) is 0.631. The molecule has 1 aromatic carbocycles. The van der Waals surface area contributed by atoms with Crippen LogP contribution in [0, 0.1) is 10.5 Å². The number of nitrogens with zero attached hydrogens (tertiary/aromatic N) is 1. The Balaban J connectivity index is 2.29. The van der Waals surface area contributed by atoms with Gasteiger partial charge in [-0.3, -0.25) is 0 Å². The molecule has 0 aromatic heterocycles. The largest absolute Gasteiger partial charge is 0.369 e. The molecule has 0 spiro atoms. The summed E-state index contributed by atoms with van der Waals surface area (Å²) >= 11 is 6.82. The standard InChI is InChI=1S/C12H17IN2S/c1-9-10(8-16)6-11(7-12(9)13)15-4-2-14-3-5-15/h6-7,14,16H,2-5,8H2,1H3. The first kappa shape index (κ1) is 12.5. The van der Waals surface area contributed by atoms with Gasteiger partial charge in [0.25, 0.3) is 0 Å². The zero-order chi connectivity index (χ0) is 11.5. The first-order chi connectivity index (χ1) is 7.72. The Morgan fingerprint density at radius 3 is 2.69 bits per heavy atom. The molecule has 1 saturated heterocycles. The van der Waals surface area contributed by atoms with E-state index in [-0.39, 0.29) is 0 Å². The van der Waals surface area contributed by atoms with Crippen LogP contribution in [-0.4, -0.2) is 26.2 Å². The molecule has 1 aromatic rings. The van der Waals surface area contributed by atoms with Crippen molar-refractivity contribution in [3.63, 3.8) is 0 Å². The van der Waals surface area contributed by atoms with E-state index >= 15 is 0 Å². The van der Waals surface area contributed by atoms with Gasteiger partial charge in [0.2, 0.25) is 0 Å². The summed E-state index contributed by atoms with van der Waals surface area (Å²) in [6.07, 6.45) is 0. The Morgan fingerprint density at radius 2 is 2.06 bits per heavy atom. The van der Waals surface area contributed by atoms with E-state index in [1.165, 1.54) is 20.4 Å². The number of benzene rings is 1. The van der Waals surface area contributed by atoms with Gasteiger partial charge in [-0.05, 0) is 52.8 Å². The van der Waals surface area contributed by atoms with Gasteiger partial charge >= 0.3 is 0 Å². The highest BCUT2D eigenvalue weighted by Crippen LogP contribution is 2.26. The lowest BCUT2D eigenvalue weighted by molar-refractivity contribution is 0.589. The zero-order valence-corrected chi connectivity index (χ0v) is 12.5. The maximum atomic E-state index is 4.40. The molecule has 0 unspecified atom stereocenters. The van der Waals surface area contributed by atoms with Gasteiger partial charge in [-0.25, -0.2) is 0 Å². The van der Waals surface area contributed by atoms with Gasteiger partial charge in [0.1, 0.15) is 0 Å². The highest BCUT2D eigenvalue weighted by Gasteiger charge is 2.13. The van der Waals surface area contributed by atoms with Crippen LogP contribution >= 0.6 is 35.2 Å². The summed E-state index contributed by atoms with van der Waals surface area (Å²) in [5, 5.41) is 3.38. The summed E-state index contributed by atoms with van der Waals surface area (Å²) in [5.41, 5.74) is 4.07. The molecule has 16 heavy (non-hydrogen) atoms. The molecule has 1 aliphatic heterocycles. The highest BCUT2D eigenvalue weighted by molar-refractivity contribution is 14.1. The Kier molecular flexibility index (Phi) is 4.38. The summed E-state index contributed by atoms with van der Waals surface area (Å²) in [5.74, 6) is 0.821. The van der Waals surface area contributed by atoms with Gasteiger partial charge < -0.3 is 10.2 Å². The predicted octanol–water partition coefficient (Wildman–Crippen LogP) is 2.44. The van der Waals surface area contributed by atoms with Gasteiger partial charge in [0.15, 0.2) is 0 Å². The lowest BCUT2D eigenvalue weighted by Crippen LogP contribution is -2.43. The first-order valence-corrected chi connectivity index (χ1v) is 7.29. The number of hydrogen-bond donors (Lipinski definition) is 2. The lowest BCUT2D eigenvalue weighted by atomic mass is 10.1. The van der Waals surface area contributed by atoms with Gasteiger partial charge in [0.05, 0.1) is 0 Å². The molecule has 88 valence electrons. The Morgan fingerprint density at radius 1 is 1.38 bits per heavy atom. The van der Waals surface area contributed by atoms with Crippen LogP contribution in [0.4, 0.5) is 5.69 Å². The molecule has 0 radical (unpaired) electrons. The van der Waals surface area contributed by atoms with Crippen molar-refractivity contribution in [2.45, 2.75) is 12.7 Å². The molecule has 1 aliphatic rings. The summed E-state index contributed by atoms with van der Waals surface area (Å²) in [6, 6.07) is 4.57. The summed E-state index contributed by atoms with van der Waals surface area (Å²) < 4.78 is 1.35. The molecule has 0 atom stereocenters. The maximum Gasteiger partial charge on any atom is 0.0380 e. The minimum absolute atomic E-state index is 0.821. The second-order valence-electron chi connectivity index (χ2n) is 4.11. The highest BCUT2D eigenvalue weighted by atomic mass is 127. The summed E-state index contributed by atoms with van der Waals surface area (Å²) in [7, 11) is 0. The van der Waals surface area contributed by atoms with E-state index in [9.17, 15) is 0 Å². The van der Waals surface area contributed by atoms with Crippen LogP contribution in [0.5, 0.6) is 0 Å². The van der Waals surface area contributed by atoms with E-state index in [1.807, 2.05) is 0 Å². The molecule has 4 heteroatoms. The fourth-order valence-electron chi connectivity index (χ4n) is 1.99. The SMILES string of the molecule is Cc1c(I)cc(N2CCNCC2)cc1CS. The number of anilines is 1. The topological polar surface area (TPSA) is 15.3 Å².